The lowest BCUT2D eigenvalue weighted by Crippen LogP contribution is -2.47. The number of fused-ring (bicyclic) bond motifs is 1. The van der Waals surface area contributed by atoms with E-state index in [1.54, 1.807) is 10.9 Å². The molecular weight excluding hydrogens is 430 g/mol. The first-order valence-corrected chi connectivity index (χ1v) is 13.2. The van der Waals surface area contributed by atoms with E-state index >= 15 is 0 Å². The molecule has 9 nitrogen and oxygen atoms in total. The van der Waals surface area contributed by atoms with Gasteiger partial charge < -0.3 is 19.9 Å². The Bertz CT molecular complexity index is 924. The molecule has 5 heterocycles. The van der Waals surface area contributed by atoms with Crippen LogP contribution in [0, 0.1) is 0 Å². The Kier molecular flexibility index (Phi) is 7.93. The summed E-state index contributed by atoms with van der Waals surface area (Å²) >= 11 is 0. The fourth-order valence-electron chi connectivity index (χ4n) is 5.38. The van der Waals surface area contributed by atoms with Crippen molar-refractivity contribution in [3.63, 3.8) is 0 Å². The Morgan fingerprint density at radius 1 is 0.912 bits per heavy atom. The van der Waals surface area contributed by atoms with Crippen molar-refractivity contribution in [1.82, 2.24) is 29.7 Å². The Morgan fingerprint density at radius 2 is 1.68 bits per heavy atom. The van der Waals surface area contributed by atoms with Gasteiger partial charge in [0.2, 0.25) is 0 Å². The van der Waals surface area contributed by atoms with Crippen LogP contribution in [0.4, 0.5) is 10.6 Å². The molecule has 186 valence electrons. The number of rotatable bonds is 5. The molecule has 1 N–H and O–H groups in total. The van der Waals surface area contributed by atoms with Gasteiger partial charge in [-0.05, 0) is 44.2 Å². The third kappa shape index (κ3) is 5.87. The predicted octanol–water partition coefficient (Wildman–Crippen LogP) is 2.56. The number of aromatic nitrogens is 3. The molecule has 0 saturated carbocycles. The van der Waals surface area contributed by atoms with Gasteiger partial charge >= 0.3 is 6.03 Å². The molecule has 3 fully saturated rings. The number of hydrogen-bond donors (Lipinski definition) is 1. The number of ether oxygens (including phenoxy) is 1. The van der Waals surface area contributed by atoms with Crippen molar-refractivity contribution in [1.29, 1.82) is 0 Å². The van der Waals surface area contributed by atoms with Gasteiger partial charge in [0, 0.05) is 65.0 Å². The normalized spacial score (nSPS) is 21.9. The molecule has 9 heteroatoms. The first-order valence-electron chi connectivity index (χ1n) is 13.2. The summed E-state index contributed by atoms with van der Waals surface area (Å²) in [5.41, 5.74) is 1.42. The molecular formula is C25H39N7O2. The van der Waals surface area contributed by atoms with Gasteiger partial charge in [-0.2, -0.15) is 0 Å². The number of carbonyl (C=O) groups is 1. The second-order valence-corrected chi connectivity index (χ2v) is 9.90. The van der Waals surface area contributed by atoms with Crippen molar-refractivity contribution in [2.45, 2.75) is 51.0 Å². The van der Waals surface area contributed by atoms with Crippen molar-refractivity contribution in [3.8, 4) is 0 Å². The lowest BCUT2D eigenvalue weighted by atomic mass is 10.1. The summed E-state index contributed by atoms with van der Waals surface area (Å²) in [5, 5.41) is 3.23. The molecule has 2 aromatic rings. The quantitative estimate of drug-likeness (QED) is 0.721. The molecule has 0 unspecified atom stereocenters. The number of amides is 1. The number of imidazole rings is 1. The molecule has 3 saturated heterocycles. The van der Waals surface area contributed by atoms with E-state index in [2.05, 4.69) is 25.0 Å². The third-order valence-corrected chi connectivity index (χ3v) is 7.51. The van der Waals surface area contributed by atoms with Gasteiger partial charge in [-0.3, -0.25) is 4.90 Å². The van der Waals surface area contributed by atoms with Crippen LogP contribution in [-0.4, -0.2) is 102 Å². The highest BCUT2D eigenvalue weighted by Gasteiger charge is 2.23. The first kappa shape index (κ1) is 23.5. The molecule has 0 aliphatic carbocycles. The van der Waals surface area contributed by atoms with E-state index in [9.17, 15) is 4.79 Å². The Labute approximate surface area is 202 Å². The zero-order chi connectivity index (χ0) is 23.2. The largest absolute Gasteiger partial charge is 0.380 e. The van der Waals surface area contributed by atoms with Crippen molar-refractivity contribution < 1.29 is 9.53 Å². The topological polar surface area (TPSA) is 78.8 Å². The summed E-state index contributed by atoms with van der Waals surface area (Å²) in [5.74, 6) is 0.972. The monoisotopic (exact) mass is 469 g/mol. The highest BCUT2D eigenvalue weighted by atomic mass is 16.5. The highest BCUT2D eigenvalue weighted by molar-refractivity contribution is 5.88. The van der Waals surface area contributed by atoms with E-state index in [1.165, 1.54) is 25.7 Å². The van der Waals surface area contributed by atoms with E-state index in [1.807, 2.05) is 12.1 Å². The fraction of sp³-hybridized carbons (Fsp3) is 0.720. The minimum Gasteiger partial charge on any atom is -0.380 e. The van der Waals surface area contributed by atoms with E-state index in [4.69, 9.17) is 9.72 Å². The minimum absolute atomic E-state index is 0.102. The number of nitrogens with one attached hydrogen (secondary N) is 1. The summed E-state index contributed by atoms with van der Waals surface area (Å²) in [6.45, 7) is 10.3. The van der Waals surface area contributed by atoms with E-state index in [-0.39, 0.29) is 12.1 Å². The molecule has 0 radical (unpaired) electrons. The van der Waals surface area contributed by atoms with Crippen molar-refractivity contribution in [2.24, 2.45) is 0 Å². The maximum absolute atomic E-state index is 13.0. The van der Waals surface area contributed by atoms with Crippen molar-refractivity contribution >= 4 is 23.0 Å². The molecule has 2 aromatic heterocycles. The van der Waals surface area contributed by atoms with Crippen LogP contribution in [-0.2, 0) is 4.74 Å². The smallest absolute Gasteiger partial charge is 0.327 e. The molecule has 0 bridgehead atoms. The van der Waals surface area contributed by atoms with Crippen LogP contribution in [0.15, 0.2) is 18.5 Å². The number of likely N-dealkylation sites (tertiary alicyclic amines) is 1. The van der Waals surface area contributed by atoms with E-state index in [0.29, 0.717) is 5.65 Å². The first-order chi connectivity index (χ1) is 16.8. The number of anilines is 1. The highest BCUT2D eigenvalue weighted by Crippen LogP contribution is 2.21. The lowest BCUT2D eigenvalue weighted by molar-refractivity contribution is 0.134. The number of carbonyl (C=O) groups excluding carboxylic acids is 1. The maximum Gasteiger partial charge on any atom is 0.327 e. The summed E-state index contributed by atoms with van der Waals surface area (Å²) in [4.78, 5) is 29.6. The molecule has 3 aliphatic heterocycles. The number of piperidine rings is 1. The van der Waals surface area contributed by atoms with Crippen LogP contribution < -0.4 is 10.2 Å². The fourth-order valence-corrected chi connectivity index (χ4v) is 5.38. The average molecular weight is 470 g/mol. The molecule has 0 aromatic carbocycles. The van der Waals surface area contributed by atoms with Crippen LogP contribution in [0.25, 0.3) is 11.2 Å². The minimum atomic E-state index is -0.102. The summed E-state index contributed by atoms with van der Waals surface area (Å²) in [7, 11) is 0. The molecule has 34 heavy (non-hydrogen) atoms. The Balaban J connectivity index is 1.11. The number of hydrogen-bond acceptors (Lipinski definition) is 7. The van der Waals surface area contributed by atoms with E-state index in [0.717, 1.165) is 96.2 Å². The molecule has 0 spiro atoms. The van der Waals surface area contributed by atoms with Gasteiger partial charge in [0.25, 0.3) is 0 Å². The van der Waals surface area contributed by atoms with Crippen LogP contribution in [0.3, 0.4) is 0 Å². The standard InChI is InChI=1S/C25H39N7O2/c33-25(27-21-8-13-30(14-9-21)16-15-29-10-5-18-34-19-17-29)32-20-26-24-22(32)6-7-23(28-24)31-11-3-1-2-4-12-31/h6-7,20-21H,1-5,8-19H2,(H,27,33). The van der Waals surface area contributed by atoms with Gasteiger partial charge in [-0.25, -0.2) is 19.3 Å². The van der Waals surface area contributed by atoms with Crippen LogP contribution in [0.5, 0.6) is 0 Å². The number of pyridine rings is 1. The van der Waals surface area contributed by atoms with Crippen molar-refractivity contribution in [3.05, 3.63) is 18.5 Å². The SMILES string of the molecule is O=C(NC1CCN(CCN2CCCOCC2)CC1)n1cnc2nc(N3CCCCCC3)ccc21. The zero-order valence-electron chi connectivity index (χ0n) is 20.3. The second kappa shape index (κ2) is 11.5. The van der Waals surface area contributed by atoms with Gasteiger partial charge in [0.05, 0.1) is 12.1 Å². The Morgan fingerprint density at radius 3 is 2.47 bits per heavy atom. The lowest BCUT2D eigenvalue weighted by Gasteiger charge is -2.33. The second-order valence-electron chi connectivity index (χ2n) is 9.90. The number of nitrogens with zero attached hydrogens (tertiary/aromatic N) is 6. The Hall–Kier alpha value is -2.23. The van der Waals surface area contributed by atoms with Gasteiger partial charge in [-0.15, -0.1) is 0 Å². The van der Waals surface area contributed by atoms with Gasteiger partial charge in [0.1, 0.15) is 12.1 Å². The van der Waals surface area contributed by atoms with Gasteiger partial charge in [-0.1, -0.05) is 12.8 Å². The zero-order valence-corrected chi connectivity index (χ0v) is 20.3. The molecule has 1 amide bonds. The van der Waals surface area contributed by atoms with Crippen LogP contribution >= 0.6 is 0 Å². The summed E-state index contributed by atoms with van der Waals surface area (Å²) < 4.78 is 7.17. The molecule has 0 atom stereocenters. The maximum atomic E-state index is 13.0. The predicted molar refractivity (Wildman–Crippen MR) is 133 cm³/mol. The average Bonchev–Trinajstić information content (AvgIpc) is 3.04. The summed E-state index contributed by atoms with van der Waals surface area (Å²) in [6, 6.07) is 4.13. The molecule has 5 rings (SSSR count). The molecule has 3 aliphatic rings. The van der Waals surface area contributed by atoms with Crippen LogP contribution in [0.2, 0.25) is 0 Å². The van der Waals surface area contributed by atoms with Crippen molar-refractivity contribution in [2.75, 3.05) is 70.5 Å². The van der Waals surface area contributed by atoms with E-state index < -0.39 is 0 Å². The van der Waals surface area contributed by atoms with Crippen LogP contribution in [0.1, 0.15) is 44.9 Å². The van der Waals surface area contributed by atoms with Gasteiger partial charge in [0.15, 0.2) is 5.65 Å². The third-order valence-electron chi connectivity index (χ3n) is 7.51. The summed E-state index contributed by atoms with van der Waals surface area (Å²) in [6.07, 6.45) is 9.72.